The molecule has 152 valence electrons. The lowest BCUT2D eigenvalue weighted by Crippen LogP contribution is -2.46. The highest BCUT2D eigenvalue weighted by Gasteiger charge is 2.46. The molecule has 1 saturated heterocycles. The third kappa shape index (κ3) is 6.00. The fourth-order valence-electron chi connectivity index (χ4n) is 2.81. The van der Waals surface area contributed by atoms with Gasteiger partial charge in [-0.3, -0.25) is 0 Å². The van der Waals surface area contributed by atoms with Crippen molar-refractivity contribution < 1.29 is 18.6 Å². The lowest BCUT2D eigenvalue weighted by atomic mass is 10.1. The molecule has 0 unspecified atom stereocenters. The van der Waals surface area contributed by atoms with Crippen LogP contribution in [0.3, 0.4) is 0 Å². The molecule has 0 spiro atoms. The monoisotopic (exact) mass is 392 g/mol. The summed E-state index contributed by atoms with van der Waals surface area (Å²) in [6.07, 6.45) is 1.10. The van der Waals surface area contributed by atoms with Gasteiger partial charge in [-0.15, -0.1) is 6.58 Å². The predicted molar refractivity (Wildman–Crippen MR) is 112 cm³/mol. The van der Waals surface area contributed by atoms with Crippen molar-refractivity contribution in [2.75, 3.05) is 6.61 Å². The van der Waals surface area contributed by atoms with Gasteiger partial charge in [-0.25, -0.2) is 0 Å². The van der Waals surface area contributed by atoms with Gasteiger partial charge in [-0.1, -0.05) is 57.2 Å². The van der Waals surface area contributed by atoms with Crippen LogP contribution >= 0.6 is 0 Å². The minimum Gasteiger partial charge on any atom is -0.414 e. The summed E-state index contributed by atoms with van der Waals surface area (Å²) < 4.78 is 24.9. The van der Waals surface area contributed by atoms with E-state index in [1.165, 1.54) is 0 Å². The molecule has 4 nitrogen and oxygen atoms in total. The Morgan fingerprint density at radius 3 is 2.37 bits per heavy atom. The molecule has 0 radical (unpaired) electrons. The zero-order chi connectivity index (χ0) is 20.3. The first-order valence-corrected chi connectivity index (χ1v) is 12.6. The van der Waals surface area contributed by atoms with Crippen LogP contribution in [0.2, 0.25) is 18.1 Å². The Kier molecular flexibility index (Phi) is 7.09. The second-order valence-electron chi connectivity index (χ2n) is 9.21. The van der Waals surface area contributed by atoms with Gasteiger partial charge < -0.3 is 18.6 Å². The standard InChI is InChI=1S/C22H36O4Si/c1-9-18-20(26-22(5,6)25-18)19(16-24-27(7,8)21(2,3)4)23-15-17-13-11-10-12-14-17/h9-14,18-20H,1,15-16H2,2-8H3/t18-,19-,20+/m1/s1. The van der Waals surface area contributed by atoms with Crippen LogP contribution in [0.15, 0.2) is 43.0 Å². The molecule has 0 N–H and O–H groups in total. The molecule has 0 saturated carbocycles. The van der Waals surface area contributed by atoms with Crippen molar-refractivity contribution in [2.24, 2.45) is 0 Å². The van der Waals surface area contributed by atoms with Crippen molar-refractivity contribution in [3.8, 4) is 0 Å². The molecule has 1 heterocycles. The Labute approximate surface area is 166 Å². The Balaban J connectivity index is 2.14. The Morgan fingerprint density at radius 2 is 1.81 bits per heavy atom. The van der Waals surface area contributed by atoms with E-state index in [1.807, 2.05) is 32.0 Å². The van der Waals surface area contributed by atoms with Gasteiger partial charge in [0, 0.05) is 0 Å². The average Bonchev–Trinajstić information content (AvgIpc) is 2.89. The molecule has 0 aliphatic carbocycles. The highest BCUT2D eigenvalue weighted by atomic mass is 28.4. The maximum absolute atomic E-state index is 6.46. The second-order valence-corrected chi connectivity index (χ2v) is 14.0. The molecule has 27 heavy (non-hydrogen) atoms. The SMILES string of the molecule is C=C[C@H]1OC(C)(C)O[C@@H]1[C@@H](CO[Si](C)(C)C(C)(C)C)OCc1ccccc1. The van der Waals surface area contributed by atoms with Crippen LogP contribution in [-0.2, 0) is 25.2 Å². The van der Waals surface area contributed by atoms with Crippen LogP contribution in [0.25, 0.3) is 0 Å². The molecule has 1 aromatic rings. The number of hydrogen-bond acceptors (Lipinski definition) is 4. The summed E-state index contributed by atoms with van der Waals surface area (Å²) in [5, 5.41) is 0.140. The normalized spacial score (nSPS) is 24.0. The van der Waals surface area contributed by atoms with Crippen molar-refractivity contribution in [1.82, 2.24) is 0 Å². The molecule has 0 aromatic heterocycles. The van der Waals surface area contributed by atoms with Crippen molar-refractivity contribution in [1.29, 1.82) is 0 Å². The van der Waals surface area contributed by atoms with Gasteiger partial charge in [-0.2, -0.15) is 0 Å². The lowest BCUT2D eigenvalue weighted by molar-refractivity contribution is -0.162. The molecular weight excluding hydrogens is 356 g/mol. The van der Waals surface area contributed by atoms with E-state index in [0.717, 1.165) is 5.56 Å². The summed E-state index contributed by atoms with van der Waals surface area (Å²) in [7, 11) is -1.90. The van der Waals surface area contributed by atoms with Crippen molar-refractivity contribution in [3.05, 3.63) is 48.6 Å². The van der Waals surface area contributed by atoms with E-state index in [0.29, 0.717) is 13.2 Å². The van der Waals surface area contributed by atoms with Crippen LogP contribution in [-0.4, -0.2) is 39.0 Å². The quantitative estimate of drug-likeness (QED) is 0.444. The highest BCUT2D eigenvalue weighted by Crippen LogP contribution is 2.38. The van der Waals surface area contributed by atoms with E-state index < -0.39 is 14.1 Å². The maximum atomic E-state index is 6.46. The Hall–Kier alpha value is -0.983. The smallest absolute Gasteiger partial charge is 0.192 e. The van der Waals surface area contributed by atoms with E-state index in [1.54, 1.807) is 6.08 Å². The van der Waals surface area contributed by atoms with Gasteiger partial charge in [0.05, 0.1) is 13.2 Å². The molecule has 2 rings (SSSR count). The predicted octanol–water partition coefficient (Wildman–Crippen LogP) is 5.30. The van der Waals surface area contributed by atoms with Crippen molar-refractivity contribution in [2.45, 2.75) is 83.5 Å². The Morgan fingerprint density at radius 1 is 1.19 bits per heavy atom. The van der Waals surface area contributed by atoms with E-state index in [9.17, 15) is 0 Å². The summed E-state index contributed by atoms with van der Waals surface area (Å²) in [6, 6.07) is 10.2. The number of benzene rings is 1. The summed E-state index contributed by atoms with van der Waals surface area (Å²) >= 11 is 0. The number of ether oxygens (including phenoxy) is 3. The molecule has 1 aliphatic rings. The number of hydrogen-bond donors (Lipinski definition) is 0. The van der Waals surface area contributed by atoms with Crippen molar-refractivity contribution >= 4 is 8.32 Å². The van der Waals surface area contributed by atoms with E-state index in [2.05, 4.69) is 52.6 Å². The molecule has 1 aliphatic heterocycles. The maximum Gasteiger partial charge on any atom is 0.192 e. The van der Waals surface area contributed by atoms with Gasteiger partial charge in [-0.05, 0) is 37.5 Å². The molecule has 0 amide bonds. The second kappa shape index (κ2) is 8.58. The first kappa shape index (κ1) is 22.3. The van der Waals surface area contributed by atoms with Gasteiger partial charge in [0.1, 0.15) is 18.3 Å². The first-order chi connectivity index (χ1) is 12.5. The number of rotatable bonds is 8. The molecular formula is C22H36O4Si. The molecule has 1 fully saturated rings. The average molecular weight is 393 g/mol. The fraction of sp³-hybridized carbons (Fsp3) is 0.636. The molecule has 0 bridgehead atoms. The zero-order valence-electron chi connectivity index (χ0n) is 18.0. The van der Waals surface area contributed by atoms with Gasteiger partial charge in [0.2, 0.25) is 0 Å². The van der Waals surface area contributed by atoms with Gasteiger partial charge in [0.25, 0.3) is 0 Å². The minimum atomic E-state index is -1.90. The van der Waals surface area contributed by atoms with Crippen molar-refractivity contribution in [3.63, 3.8) is 0 Å². The van der Waals surface area contributed by atoms with Crippen LogP contribution in [0.4, 0.5) is 0 Å². The zero-order valence-corrected chi connectivity index (χ0v) is 19.0. The van der Waals surface area contributed by atoms with E-state index in [-0.39, 0.29) is 23.4 Å². The first-order valence-electron chi connectivity index (χ1n) is 9.73. The summed E-state index contributed by atoms with van der Waals surface area (Å²) in [5.74, 6) is -0.658. The minimum absolute atomic E-state index is 0.140. The third-order valence-corrected chi connectivity index (χ3v) is 9.98. The highest BCUT2D eigenvalue weighted by molar-refractivity contribution is 6.74. The van der Waals surface area contributed by atoms with Crippen LogP contribution in [0.1, 0.15) is 40.2 Å². The molecule has 3 atom stereocenters. The Bertz CT molecular complexity index is 606. The van der Waals surface area contributed by atoms with E-state index in [4.69, 9.17) is 18.6 Å². The molecule has 1 aromatic carbocycles. The largest absolute Gasteiger partial charge is 0.414 e. The van der Waals surface area contributed by atoms with Gasteiger partial charge >= 0.3 is 0 Å². The van der Waals surface area contributed by atoms with E-state index >= 15 is 0 Å². The topological polar surface area (TPSA) is 36.9 Å². The lowest BCUT2D eigenvalue weighted by Gasteiger charge is -2.38. The molecule has 5 heteroatoms. The van der Waals surface area contributed by atoms with Crippen LogP contribution in [0.5, 0.6) is 0 Å². The summed E-state index contributed by atoms with van der Waals surface area (Å²) in [5.41, 5.74) is 1.13. The van der Waals surface area contributed by atoms with Crippen LogP contribution < -0.4 is 0 Å². The summed E-state index contributed by atoms with van der Waals surface area (Å²) in [6.45, 7) is 20.0. The fourth-order valence-corrected chi connectivity index (χ4v) is 3.82. The van der Waals surface area contributed by atoms with Gasteiger partial charge in [0.15, 0.2) is 14.1 Å². The van der Waals surface area contributed by atoms with Crippen LogP contribution in [0, 0.1) is 0 Å². The third-order valence-electron chi connectivity index (χ3n) is 5.48. The summed E-state index contributed by atoms with van der Waals surface area (Å²) in [4.78, 5) is 0.